The number of benzene rings is 1. The van der Waals surface area contributed by atoms with Crippen molar-refractivity contribution in [1.29, 1.82) is 0 Å². The molecule has 0 radical (unpaired) electrons. The molecule has 1 aliphatic heterocycles. The average molecular weight is 406 g/mol. The lowest BCUT2D eigenvalue weighted by Crippen LogP contribution is -2.59. The maximum Gasteiger partial charge on any atom is 0.328 e. The second-order valence-electron chi connectivity index (χ2n) is 7.03. The SMILES string of the molecule is CCC(C)[C@H](NC(=O)N1CC(=O)Nc2ccccc21)C(=O)N[C@H](C(=O)O)C(C)O. The van der Waals surface area contributed by atoms with Crippen LogP contribution in [0.4, 0.5) is 16.2 Å². The van der Waals surface area contributed by atoms with E-state index in [1.54, 1.807) is 31.2 Å². The lowest BCUT2D eigenvalue weighted by molar-refractivity contribution is -0.145. The van der Waals surface area contributed by atoms with Gasteiger partial charge in [0.05, 0.1) is 17.5 Å². The van der Waals surface area contributed by atoms with Crippen LogP contribution in [0, 0.1) is 5.92 Å². The molecule has 2 unspecified atom stereocenters. The van der Waals surface area contributed by atoms with E-state index in [-0.39, 0.29) is 18.4 Å². The highest BCUT2D eigenvalue weighted by Gasteiger charge is 2.34. The number of nitrogens with zero attached hydrogens (tertiary/aromatic N) is 1. The normalized spacial score (nSPS) is 17.2. The molecule has 0 saturated heterocycles. The fourth-order valence-electron chi connectivity index (χ4n) is 2.96. The van der Waals surface area contributed by atoms with Crippen molar-refractivity contribution in [2.75, 3.05) is 16.8 Å². The topological polar surface area (TPSA) is 148 Å². The first-order valence-electron chi connectivity index (χ1n) is 9.33. The van der Waals surface area contributed by atoms with Gasteiger partial charge in [-0.25, -0.2) is 9.59 Å². The van der Waals surface area contributed by atoms with Crippen LogP contribution >= 0.6 is 0 Å². The highest BCUT2D eigenvalue weighted by atomic mass is 16.4. The number of hydrogen-bond acceptors (Lipinski definition) is 5. The molecule has 10 nitrogen and oxygen atoms in total. The lowest BCUT2D eigenvalue weighted by atomic mass is 9.97. The third-order valence-electron chi connectivity index (χ3n) is 4.84. The number of para-hydroxylation sites is 2. The number of amides is 4. The fraction of sp³-hybridized carbons (Fsp3) is 0.474. The molecule has 0 saturated carbocycles. The number of carboxylic acids is 1. The molecule has 0 spiro atoms. The molecule has 158 valence electrons. The predicted molar refractivity (Wildman–Crippen MR) is 105 cm³/mol. The summed E-state index contributed by atoms with van der Waals surface area (Å²) in [6.07, 6.45) is -0.788. The Labute approximate surface area is 168 Å². The van der Waals surface area contributed by atoms with Crippen LogP contribution in [0.3, 0.4) is 0 Å². The fourth-order valence-corrected chi connectivity index (χ4v) is 2.96. The van der Waals surface area contributed by atoms with E-state index in [1.165, 1.54) is 11.8 Å². The molecule has 5 N–H and O–H groups in total. The van der Waals surface area contributed by atoms with Gasteiger partial charge in [-0.15, -0.1) is 0 Å². The van der Waals surface area contributed by atoms with E-state index >= 15 is 0 Å². The summed E-state index contributed by atoms with van der Waals surface area (Å²) >= 11 is 0. The van der Waals surface area contributed by atoms with Gasteiger partial charge in [0.25, 0.3) is 0 Å². The van der Waals surface area contributed by atoms with Crippen molar-refractivity contribution in [1.82, 2.24) is 10.6 Å². The van der Waals surface area contributed by atoms with Crippen LogP contribution in [-0.2, 0) is 14.4 Å². The minimum Gasteiger partial charge on any atom is -0.480 e. The number of anilines is 2. The Morgan fingerprint density at radius 1 is 1.17 bits per heavy atom. The molecule has 0 fully saturated rings. The molecule has 4 atom stereocenters. The molecular formula is C19H26N4O6. The summed E-state index contributed by atoms with van der Waals surface area (Å²) in [6.45, 7) is 4.59. The van der Waals surface area contributed by atoms with E-state index in [4.69, 9.17) is 0 Å². The van der Waals surface area contributed by atoms with Crippen molar-refractivity contribution in [3.8, 4) is 0 Å². The van der Waals surface area contributed by atoms with E-state index in [1.807, 2.05) is 6.92 Å². The first-order valence-corrected chi connectivity index (χ1v) is 9.33. The average Bonchev–Trinajstić information content (AvgIpc) is 2.67. The van der Waals surface area contributed by atoms with Gasteiger partial charge in [-0.3, -0.25) is 14.5 Å². The van der Waals surface area contributed by atoms with Crippen molar-refractivity contribution in [2.45, 2.75) is 45.4 Å². The third kappa shape index (κ3) is 5.23. The van der Waals surface area contributed by atoms with Crippen LogP contribution in [0.25, 0.3) is 0 Å². The highest BCUT2D eigenvalue weighted by Crippen LogP contribution is 2.29. The molecule has 1 heterocycles. The van der Waals surface area contributed by atoms with Crippen molar-refractivity contribution < 1.29 is 29.4 Å². The Bertz CT molecular complexity index is 797. The monoisotopic (exact) mass is 406 g/mol. The number of aliphatic carboxylic acids is 1. The second kappa shape index (κ2) is 9.37. The van der Waals surface area contributed by atoms with Crippen LogP contribution in [0.15, 0.2) is 24.3 Å². The van der Waals surface area contributed by atoms with E-state index in [2.05, 4.69) is 16.0 Å². The minimum atomic E-state index is -1.51. The molecule has 10 heteroatoms. The maximum absolute atomic E-state index is 12.9. The van der Waals surface area contributed by atoms with Crippen molar-refractivity contribution in [3.63, 3.8) is 0 Å². The summed E-state index contributed by atoms with van der Waals surface area (Å²) in [4.78, 5) is 50.0. The van der Waals surface area contributed by atoms with Crippen LogP contribution in [0.1, 0.15) is 27.2 Å². The zero-order valence-corrected chi connectivity index (χ0v) is 16.5. The number of carbonyl (C=O) groups excluding carboxylic acids is 3. The van der Waals surface area contributed by atoms with Crippen molar-refractivity contribution in [3.05, 3.63) is 24.3 Å². The molecule has 29 heavy (non-hydrogen) atoms. The second-order valence-corrected chi connectivity index (χ2v) is 7.03. The number of fused-ring (bicyclic) bond motifs is 1. The lowest BCUT2D eigenvalue weighted by Gasteiger charge is -2.32. The minimum absolute atomic E-state index is 0.219. The van der Waals surface area contributed by atoms with Gasteiger partial charge < -0.3 is 26.2 Å². The summed E-state index contributed by atoms with van der Waals surface area (Å²) in [5, 5.41) is 26.3. The van der Waals surface area contributed by atoms with Crippen LogP contribution in [0.2, 0.25) is 0 Å². The van der Waals surface area contributed by atoms with Gasteiger partial charge in [0.15, 0.2) is 6.04 Å². The Morgan fingerprint density at radius 2 is 1.83 bits per heavy atom. The summed E-state index contributed by atoms with van der Waals surface area (Å²) in [7, 11) is 0. The summed E-state index contributed by atoms with van der Waals surface area (Å²) in [5.74, 6) is -2.81. The highest BCUT2D eigenvalue weighted by molar-refractivity contribution is 6.10. The number of aliphatic hydroxyl groups excluding tert-OH is 1. The molecule has 4 amide bonds. The van der Waals surface area contributed by atoms with Gasteiger partial charge >= 0.3 is 12.0 Å². The third-order valence-corrected chi connectivity index (χ3v) is 4.84. The molecule has 2 rings (SSSR count). The Balaban J connectivity index is 2.22. The summed E-state index contributed by atoms with van der Waals surface area (Å²) < 4.78 is 0. The maximum atomic E-state index is 12.9. The molecular weight excluding hydrogens is 380 g/mol. The quantitative estimate of drug-likeness (QED) is 0.446. The number of urea groups is 1. The van der Waals surface area contributed by atoms with E-state index in [0.717, 1.165) is 0 Å². The Morgan fingerprint density at radius 3 is 2.41 bits per heavy atom. The van der Waals surface area contributed by atoms with E-state index < -0.39 is 36.1 Å². The van der Waals surface area contributed by atoms with Gasteiger partial charge in [-0.1, -0.05) is 32.4 Å². The van der Waals surface area contributed by atoms with Crippen molar-refractivity contribution >= 4 is 35.2 Å². The van der Waals surface area contributed by atoms with E-state index in [0.29, 0.717) is 17.8 Å². The van der Waals surface area contributed by atoms with Crippen molar-refractivity contribution in [2.24, 2.45) is 5.92 Å². The number of aliphatic hydroxyl groups is 1. The number of carbonyl (C=O) groups is 4. The predicted octanol–water partition coefficient (Wildman–Crippen LogP) is 0.520. The largest absolute Gasteiger partial charge is 0.480 e. The molecule has 1 aromatic rings. The van der Waals surface area contributed by atoms with Gasteiger partial charge in [0.1, 0.15) is 12.6 Å². The Hall–Kier alpha value is -3.14. The summed E-state index contributed by atoms with van der Waals surface area (Å²) in [5.41, 5.74) is 0.962. The van der Waals surface area contributed by atoms with Gasteiger partial charge in [0.2, 0.25) is 11.8 Å². The van der Waals surface area contributed by atoms with Crippen LogP contribution in [0.5, 0.6) is 0 Å². The molecule has 0 bridgehead atoms. The van der Waals surface area contributed by atoms with Gasteiger partial charge in [0, 0.05) is 0 Å². The first kappa shape index (κ1) is 22.2. The Kier molecular flexibility index (Phi) is 7.16. The smallest absolute Gasteiger partial charge is 0.328 e. The molecule has 1 aliphatic rings. The number of nitrogens with one attached hydrogen (secondary N) is 3. The molecule has 0 aromatic heterocycles. The summed E-state index contributed by atoms with van der Waals surface area (Å²) in [6, 6.07) is 3.55. The van der Waals surface area contributed by atoms with Crippen LogP contribution < -0.4 is 20.9 Å². The number of carboxylic acid groups (broad SMARTS) is 1. The van der Waals surface area contributed by atoms with Gasteiger partial charge in [-0.2, -0.15) is 0 Å². The van der Waals surface area contributed by atoms with E-state index in [9.17, 15) is 29.4 Å². The first-order chi connectivity index (χ1) is 13.6. The van der Waals surface area contributed by atoms with Crippen LogP contribution in [-0.4, -0.2) is 58.8 Å². The number of hydrogen-bond donors (Lipinski definition) is 5. The molecule has 0 aliphatic carbocycles. The molecule has 1 aromatic carbocycles. The zero-order valence-electron chi connectivity index (χ0n) is 16.5. The number of rotatable bonds is 7. The van der Waals surface area contributed by atoms with Gasteiger partial charge in [-0.05, 0) is 25.0 Å². The zero-order chi connectivity index (χ0) is 21.7. The standard InChI is InChI=1S/C19H26N4O6/c1-4-10(2)15(17(26)21-16(11(3)24)18(27)28)22-19(29)23-9-14(25)20-12-7-5-6-8-13(12)23/h5-8,10-11,15-16,24H,4,9H2,1-3H3,(H,20,25)(H,21,26)(H,22,29)(H,27,28)/t10?,11?,15-,16-/m0/s1.